The molecule has 3 nitrogen and oxygen atoms in total. The number of anilines is 1. The third-order valence-electron chi connectivity index (χ3n) is 3.22. The topological polar surface area (TPSA) is 45.0 Å². The Morgan fingerprint density at radius 3 is 2.57 bits per heavy atom. The summed E-state index contributed by atoms with van der Waals surface area (Å²) in [5.74, 6) is 0.907. The molecule has 0 unspecified atom stereocenters. The first-order chi connectivity index (χ1) is 10.3. The first-order valence-electron chi connectivity index (χ1n) is 7.28. The van der Waals surface area contributed by atoms with E-state index in [2.05, 4.69) is 18.3 Å². The second kappa shape index (κ2) is 7.96. The minimum Gasteiger partial charge on any atom is -0.494 e. The Balaban J connectivity index is 1.90. The molecular weight excluding hydrogens is 260 g/mol. The maximum Gasteiger partial charge on any atom is 0.119 e. The van der Waals surface area contributed by atoms with Crippen molar-refractivity contribution in [2.45, 2.75) is 26.3 Å². The highest BCUT2D eigenvalue weighted by atomic mass is 16.5. The molecule has 0 radical (unpaired) electrons. The van der Waals surface area contributed by atoms with E-state index in [1.807, 2.05) is 48.5 Å². The van der Waals surface area contributed by atoms with Crippen molar-refractivity contribution < 1.29 is 4.74 Å². The van der Waals surface area contributed by atoms with Crippen molar-refractivity contribution in [1.82, 2.24) is 0 Å². The van der Waals surface area contributed by atoms with Gasteiger partial charge in [0.2, 0.25) is 0 Å². The molecule has 2 rings (SSSR count). The van der Waals surface area contributed by atoms with Gasteiger partial charge in [0.25, 0.3) is 0 Å². The molecule has 2 aromatic carbocycles. The second-order valence-electron chi connectivity index (χ2n) is 4.86. The molecule has 108 valence electrons. The van der Waals surface area contributed by atoms with E-state index in [9.17, 15) is 0 Å². The van der Waals surface area contributed by atoms with E-state index < -0.39 is 0 Å². The third kappa shape index (κ3) is 4.54. The lowest BCUT2D eigenvalue weighted by Crippen LogP contribution is -2.01. The number of unbranched alkanes of at least 4 members (excludes halogenated alkanes) is 1. The zero-order valence-corrected chi connectivity index (χ0v) is 12.3. The third-order valence-corrected chi connectivity index (χ3v) is 3.22. The maximum atomic E-state index is 9.05. The smallest absolute Gasteiger partial charge is 0.119 e. The van der Waals surface area contributed by atoms with Crippen LogP contribution in [0.2, 0.25) is 0 Å². The van der Waals surface area contributed by atoms with Gasteiger partial charge in [-0.25, -0.2) is 0 Å². The van der Waals surface area contributed by atoms with Gasteiger partial charge in [0, 0.05) is 6.54 Å². The molecule has 0 atom stereocenters. The molecule has 2 aromatic rings. The van der Waals surface area contributed by atoms with E-state index >= 15 is 0 Å². The number of nitrogens with zero attached hydrogens (tertiary/aromatic N) is 1. The maximum absolute atomic E-state index is 9.05. The summed E-state index contributed by atoms with van der Waals surface area (Å²) in [7, 11) is 0. The molecule has 0 saturated heterocycles. The van der Waals surface area contributed by atoms with Crippen LogP contribution >= 0.6 is 0 Å². The quantitative estimate of drug-likeness (QED) is 0.767. The lowest BCUT2D eigenvalue weighted by atomic mass is 10.1. The number of nitriles is 1. The Morgan fingerprint density at radius 2 is 1.86 bits per heavy atom. The van der Waals surface area contributed by atoms with Gasteiger partial charge in [-0.15, -0.1) is 0 Å². The van der Waals surface area contributed by atoms with Crippen LogP contribution in [0.4, 0.5) is 5.69 Å². The number of nitrogens with one attached hydrogen (secondary N) is 1. The van der Waals surface area contributed by atoms with Gasteiger partial charge in [-0.1, -0.05) is 37.6 Å². The van der Waals surface area contributed by atoms with Gasteiger partial charge in [-0.3, -0.25) is 0 Å². The molecule has 1 N–H and O–H groups in total. The van der Waals surface area contributed by atoms with Gasteiger partial charge in [-0.05, 0) is 36.2 Å². The highest BCUT2D eigenvalue weighted by Crippen LogP contribution is 2.17. The Labute approximate surface area is 126 Å². The van der Waals surface area contributed by atoms with Gasteiger partial charge in [0.1, 0.15) is 11.8 Å². The average Bonchev–Trinajstić information content (AvgIpc) is 2.54. The summed E-state index contributed by atoms with van der Waals surface area (Å²) in [6, 6.07) is 17.8. The lowest BCUT2D eigenvalue weighted by molar-refractivity contribution is 0.309. The van der Waals surface area contributed by atoms with Gasteiger partial charge >= 0.3 is 0 Å². The monoisotopic (exact) mass is 280 g/mol. The number of hydrogen-bond acceptors (Lipinski definition) is 3. The molecule has 0 bridgehead atoms. The zero-order chi connectivity index (χ0) is 14.9. The predicted molar refractivity (Wildman–Crippen MR) is 85.3 cm³/mol. The molecule has 0 aromatic heterocycles. The van der Waals surface area contributed by atoms with Crippen LogP contribution in [0.3, 0.4) is 0 Å². The van der Waals surface area contributed by atoms with Gasteiger partial charge in [0.05, 0.1) is 17.9 Å². The van der Waals surface area contributed by atoms with Crippen molar-refractivity contribution in [3.05, 3.63) is 59.7 Å². The van der Waals surface area contributed by atoms with Crippen molar-refractivity contribution in [3.63, 3.8) is 0 Å². The molecular formula is C18H20N2O. The van der Waals surface area contributed by atoms with Crippen molar-refractivity contribution >= 4 is 5.69 Å². The van der Waals surface area contributed by atoms with Crippen molar-refractivity contribution in [1.29, 1.82) is 5.26 Å². The number of para-hydroxylation sites is 1. The van der Waals surface area contributed by atoms with Crippen LogP contribution in [0.25, 0.3) is 0 Å². The normalized spacial score (nSPS) is 9.90. The number of ether oxygens (including phenoxy) is 1. The summed E-state index contributed by atoms with van der Waals surface area (Å²) in [6.07, 6.45) is 2.22. The molecule has 0 aliphatic heterocycles. The number of hydrogen-bond donors (Lipinski definition) is 1. The van der Waals surface area contributed by atoms with Crippen LogP contribution < -0.4 is 10.1 Å². The van der Waals surface area contributed by atoms with Crippen LogP contribution in [0.1, 0.15) is 30.9 Å². The predicted octanol–water partition coefficient (Wildman–Crippen LogP) is 4.35. The van der Waals surface area contributed by atoms with E-state index in [4.69, 9.17) is 10.00 Å². The highest BCUT2D eigenvalue weighted by molar-refractivity contribution is 5.57. The van der Waals surface area contributed by atoms with E-state index in [-0.39, 0.29) is 0 Å². The SMILES string of the molecule is CCCCOc1ccc(CNc2ccccc2C#N)cc1. The Kier molecular flexibility index (Phi) is 5.66. The molecule has 0 spiro atoms. The van der Waals surface area contributed by atoms with Crippen LogP contribution in [0.15, 0.2) is 48.5 Å². The van der Waals surface area contributed by atoms with Gasteiger partial charge in [-0.2, -0.15) is 5.26 Å². The summed E-state index contributed by atoms with van der Waals surface area (Å²) >= 11 is 0. The molecule has 21 heavy (non-hydrogen) atoms. The highest BCUT2D eigenvalue weighted by Gasteiger charge is 2.00. The zero-order valence-electron chi connectivity index (χ0n) is 12.3. The van der Waals surface area contributed by atoms with E-state index in [1.54, 1.807) is 0 Å². The fourth-order valence-electron chi connectivity index (χ4n) is 1.97. The summed E-state index contributed by atoms with van der Waals surface area (Å²) in [5, 5.41) is 12.3. The fourth-order valence-corrected chi connectivity index (χ4v) is 1.97. The van der Waals surface area contributed by atoms with Crippen LogP contribution in [-0.2, 0) is 6.54 Å². The summed E-state index contributed by atoms with van der Waals surface area (Å²) in [5.41, 5.74) is 2.69. The van der Waals surface area contributed by atoms with E-state index in [0.29, 0.717) is 12.1 Å². The Hall–Kier alpha value is -2.47. The first-order valence-corrected chi connectivity index (χ1v) is 7.28. The lowest BCUT2D eigenvalue weighted by Gasteiger charge is -2.09. The Morgan fingerprint density at radius 1 is 1.10 bits per heavy atom. The summed E-state index contributed by atoms with van der Waals surface area (Å²) in [6.45, 7) is 3.61. The van der Waals surface area contributed by atoms with Gasteiger partial charge < -0.3 is 10.1 Å². The number of benzene rings is 2. The number of rotatable bonds is 7. The minimum absolute atomic E-state index is 0.664. The van der Waals surface area contributed by atoms with Crippen molar-refractivity contribution in [3.8, 4) is 11.8 Å². The molecule has 0 aliphatic carbocycles. The molecule has 0 saturated carbocycles. The fraction of sp³-hybridized carbons (Fsp3) is 0.278. The molecule has 0 amide bonds. The van der Waals surface area contributed by atoms with E-state index in [1.165, 1.54) is 0 Å². The van der Waals surface area contributed by atoms with E-state index in [0.717, 1.165) is 36.4 Å². The summed E-state index contributed by atoms with van der Waals surface area (Å²) in [4.78, 5) is 0. The molecule has 0 aliphatic rings. The molecule has 3 heteroatoms. The van der Waals surface area contributed by atoms with Gasteiger partial charge in [0.15, 0.2) is 0 Å². The molecule has 0 fully saturated rings. The average molecular weight is 280 g/mol. The minimum atomic E-state index is 0.664. The van der Waals surface area contributed by atoms with Crippen molar-refractivity contribution in [2.75, 3.05) is 11.9 Å². The van der Waals surface area contributed by atoms with Crippen LogP contribution in [0.5, 0.6) is 5.75 Å². The summed E-state index contributed by atoms with van der Waals surface area (Å²) < 4.78 is 5.64. The van der Waals surface area contributed by atoms with Crippen LogP contribution in [0, 0.1) is 11.3 Å². The van der Waals surface area contributed by atoms with Crippen molar-refractivity contribution in [2.24, 2.45) is 0 Å². The first kappa shape index (κ1) is 14.9. The second-order valence-corrected chi connectivity index (χ2v) is 4.86. The molecule has 0 heterocycles. The largest absolute Gasteiger partial charge is 0.494 e. The Bertz CT molecular complexity index is 599. The standard InChI is InChI=1S/C18H20N2O/c1-2-3-12-21-17-10-8-15(9-11-17)14-20-18-7-5-4-6-16(18)13-19/h4-11,20H,2-3,12,14H2,1H3. The van der Waals surface area contributed by atoms with Crippen LogP contribution in [-0.4, -0.2) is 6.61 Å².